The lowest BCUT2D eigenvalue weighted by atomic mass is 10.1. The molecule has 1 aliphatic heterocycles. The van der Waals surface area contributed by atoms with Crippen LogP contribution >= 0.6 is 0 Å². The van der Waals surface area contributed by atoms with Crippen LogP contribution in [0.2, 0.25) is 0 Å². The molecule has 1 aromatic carbocycles. The zero-order valence-corrected chi connectivity index (χ0v) is 10.3. The van der Waals surface area contributed by atoms with Crippen molar-refractivity contribution in [3.8, 4) is 0 Å². The first-order valence-electron chi connectivity index (χ1n) is 5.81. The Balaban J connectivity index is 2.02. The van der Waals surface area contributed by atoms with Gasteiger partial charge in [0.2, 0.25) is 0 Å². The van der Waals surface area contributed by atoms with Crippen molar-refractivity contribution in [2.24, 2.45) is 0 Å². The number of nitrogens with one attached hydrogen (secondary N) is 1. The van der Waals surface area contributed by atoms with Crippen molar-refractivity contribution >= 4 is 28.9 Å². The van der Waals surface area contributed by atoms with Crippen molar-refractivity contribution in [2.75, 3.05) is 7.05 Å². The second-order valence-corrected chi connectivity index (χ2v) is 4.31. The molecule has 0 bridgehead atoms. The van der Waals surface area contributed by atoms with Crippen molar-refractivity contribution in [1.29, 1.82) is 0 Å². The van der Waals surface area contributed by atoms with Crippen molar-refractivity contribution in [3.63, 3.8) is 0 Å². The summed E-state index contributed by atoms with van der Waals surface area (Å²) in [5, 5.41) is 3.51. The van der Waals surface area contributed by atoms with Crippen LogP contribution in [0.15, 0.2) is 42.2 Å². The van der Waals surface area contributed by atoms with E-state index in [2.05, 4.69) is 10.3 Å². The van der Waals surface area contributed by atoms with Gasteiger partial charge in [0.1, 0.15) is 5.70 Å². The Morgan fingerprint density at radius 2 is 2.05 bits per heavy atom. The number of carbonyl (C=O) groups is 2. The third-order valence-electron chi connectivity index (χ3n) is 3.00. The van der Waals surface area contributed by atoms with Gasteiger partial charge < -0.3 is 5.32 Å². The number of benzene rings is 1. The van der Waals surface area contributed by atoms with E-state index in [1.165, 1.54) is 7.05 Å². The van der Waals surface area contributed by atoms with Gasteiger partial charge in [0.05, 0.1) is 5.52 Å². The fourth-order valence-electron chi connectivity index (χ4n) is 1.96. The molecule has 0 unspecified atom stereocenters. The van der Waals surface area contributed by atoms with Gasteiger partial charge in [-0.05, 0) is 23.8 Å². The lowest BCUT2D eigenvalue weighted by Crippen LogP contribution is -2.25. The second-order valence-electron chi connectivity index (χ2n) is 4.31. The minimum absolute atomic E-state index is 0.268. The Bertz CT molecular complexity index is 721. The third kappa shape index (κ3) is 1.95. The Kier molecular flexibility index (Phi) is 2.52. The Morgan fingerprint density at radius 1 is 1.26 bits per heavy atom. The lowest BCUT2D eigenvalue weighted by molar-refractivity contribution is -0.121. The largest absolute Gasteiger partial charge is 0.328 e. The van der Waals surface area contributed by atoms with Gasteiger partial charge in [0.15, 0.2) is 0 Å². The first kappa shape index (κ1) is 11.4. The molecule has 3 amide bonds. The van der Waals surface area contributed by atoms with Crippen LogP contribution in [0.25, 0.3) is 17.0 Å². The number of hydrogen-bond acceptors (Lipinski definition) is 3. The maximum atomic E-state index is 11.7. The van der Waals surface area contributed by atoms with E-state index in [1.54, 1.807) is 12.3 Å². The van der Waals surface area contributed by atoms with E-state index < -0.39 is 6.03 Å². The standard InChI is InChI=1S/C14H11N3O2/c1-17-13(18)12(16-14(17)19)7-9-6-10-4-2-3-5-11(10)15-8-9/h2-8H,1H3,(H,16,19)/b12-7-. The molecular formula is C14H11N3O2. The molecule has 2 aromatic rings. The minimum Gasteiger partial charge on any atom is -0.303 e. The summed E-state index contributed by atoms with van der Waals surface area (Å²) in [7, 11) is 1.44. The maximum absolute atomic E-state index is 11.7. The van der Waals surface area contributed by atoms with Gasteiger partial charge in [-0.1, -0.05) is 18.2 Å². The molecule has 2 heterocycles. The zero-order valence-electron chi connectivity index (χ0n) is 10.3. The molecule has 5 nitrogen and oxygen atoms in total. The summed E-state index contributed by atoms with van der Waals surface area (Å²) in [4.78, 5) is 28.4. The summed E-state index contributed by atoms with van der Waals surface area (Å²) in [5.74, 6) is -0.335. The molecule has 5 heteroatoms. The molecular weight excluding hydrogens is 242 g/mol. The molecule has 0 saturated carbocycles. The van der Waals surface area contributed by atoms with Crippen LogP contribution in [-0.4, -0.2) is 28.9 Å². The van der Waals surface area contributed by atoms with E-state index in [-0.39, 0.29) is 11.6 Å². The second kappa shape index (κ2) is 4.20. The smallest absolute Gasteiger partial charge is 0.303 e. The van der Waals surface area contributed by atoms with E-state index in [1.807, 2.05) is 30.3 Å². The number of pyridine rings is 1. The zero-order chi connectivity index (χ0) is 13.4. The summed E-state index contributed by atoms with van der Waals surface area (Å²) in [5.41, 5.74) is 1.94. The normalized spacial score (nSPS) is 17.3. The van der Waals surface area contributed by atoms with Gasteiger partial charge in [-0.2, -0.15) is 0 Å². The number of carbonyl (C=O) groups excluding carboxylic acids is 2. The average Bonchev–Trinajstić information content (AvgIpc) is 2.66. The molecule has 1 aliphatic rings. The van der Waals surface area contributed by atoms with Crippen molar-refractivity contribution in [3.05, 3.63) is 47.8 Å². The molecule has 3 rings (SSSR count). The number of rotatable bonds is 1. The van der Waals surface area contributed by atoms with Gasteiger partial charge in [0.25, 0.3) is 5.91 Å². The van der Waals surface area contributed by atoms with Gasteiger partial charge in [0, 0.05) is 18.6 Å². The van der Waals surface area contributed by atoms with Crippen molar-refractivity contribution in [2.45, 2.75) is 0 Å². The Morgan fingerprint density at radius 3 is 2.79 bits per heavy atom. The molecule has 19 heavy (non-hydrogen) atoms. The summed E-state index contributed by atoms with van der Waals surface area (Å²) in [6, 6.07) is 9.23. The molecule has 1 aromatic heterocycles. The van der Waals surface area contributed by atoms with E-state index >= 15 is 0 Å². The fourth-order valence-corrected chi connectivity index (χ4v) is 1.96. The van der Waals surface area contributed by atoms with E-state index in [9.17, 15) is 9.59 Å². The number of nitrogens with zero attached hydrogens (tertiary/aromatic N) is 2. The van der Waals surface area contributed by atoms with Crippen LogP contribution in [0.1, 0.15) is 5.56 Å². The topological polar surface area (TPSA) is 62.3 Å². The fraction of sp³-hybridized carbons (Fsp3) is 0.0714. The molecule has 0 aliphatic carbocycles. The molecule has 1 fully saturated rings. The van der Waals surface area contributed by atoms with Crippen LogP contribution in [0, 0.1) is 0 Å². The number of hydrogen-bond donors (Lipinski definition) is 1. The first-order valence-corrected chi connectivity index (χ1v) is 5.81. The SMILES string of the molecule is CN1C(=O)N/C(=C\c2cnc3ccccc3c2)C1=O. The highest BCUT2D eigenvalue weighted by molar-refractivity contribution is 6.13. The predicted octanol–water partition coefficient (Wildman–Crippen LogP) is 1.76. The quantitative estimate of drug-likeness (QED) is 0.622. The highest BCUT2D eigenvalue weighted by Crippen LogP contribution is 2.16. The summed E-state index contributed by atoms with van der Waals surface area (Å²) < 4.78 is 0. The van der Waals surface area contributed by atoms with Crippen LogP contribution in [0.3, 0.4) is 0 Å². The van der Waals surface area contributed by atoms with E-state index in [0.29, 0.717) is 0 Å². The van der Waals surface area contributed by atoms with Crippen LogP contribution < -0.4 is 5.32 Å². The number of amides is 3. The van der Waals surface area contributed by atoms with Gasteiger partial charge in [-0.25, -0.2) is 4.79 Å². The molecule has 0 atom stereocenters. The number of imide groups is 1. The average molecular weight is 253 g/mol. The van der Waals surface area contributed by atoms with Gasteiger partial charge in [-0.15, -0.1) is 0 Å². The Hall–Kier alpha value is -2.69. The molecule has 94 valence electrons. The maximum Gasteiger partial charge on any atom is 0.328 e. The van der Waals surface area contributed by atoms with Crippen molar-refractivity contribution in [1.82, 2.24) is 15.2 Å². The lowest BCUT2D eigenvalue weighted by Gasteiger charge is -2.00. The summed E-state index contributed by atoms with van der Waals surface area (Å²) in [6.07, 6.45) is 3.30. The van der Waals surface area contributed by atoms with Crippen LogP contribution in [0.5, 0.6) is 0 Å². The minimum atomic E-state index is -0.412. The highest BCUT2D eigenvalue weighted by Gasteiger charge is 2.29. The number of fused-ring (bicyclic) bond motifs is 1. The monoisotopic (exact) mass is 253 g/mol. The van der Waals surface area contributed by atoms with Gasteiger partial charge in [-0.3, -0.25) is 14.7 Å². The number of urea groups is 1. The molecule has 1 saturated heterocycles. The third-order valence-corrected chi connectivity index (χ3v) is 3.00. The highest BCUT2D eigenvalue weighted by atomic mass is 16.2. The first-order chi connectivity index (χ1) is 9.15. The van der Waals surface area contributed by atoms with E-state index in [4.69, 9.17) is 0 Å². The summed E-state index contributed by atoms with van der Waals surface area (Å²) >= 11 is 0. The Labute approximate surface area is 109 Å². The number of aromatic nitrogens is 1. The molecule has 0 spiro atoms. The van der Waals surface area contributed by atoms with Crippen molar-refractivity contribution < 1.29 is 9.59 Å². The molecule has 1 N–H and O–H groups in total. The number of para-hydroxylation sites is 1. The van der Waals surface area contributed by atoms with Gasteiger partial charge >= 0.3 is 6.03 Å². The predicted molar refractivity (Wildman–Crippen MR) is 71.0 cm³/mol. The summed E-state index contributed by atoms with van der Waals surface area (Å²) in [6.45, 7) is 0. The van der Waals surface area contributed by atoms with Crippen LogP contribution in [-0.2, 0) is 4.79 Å². The van der Waals surface area contributed by atoms with Crippen LogP contribution in [0.4, 0.5) is 4.79 Å². The van der Waals surface area contributed by atoms with E-state index in [0.717, 1.165) is 21.4 Å². The number of likely N-dealkylation sites (N-methyl/N-ethyl adjacent to an activating group) is 1. The molecule has 0 radical (unpaired) electrons.